The first-order valence-corrected chi connectivity index (χ1v) is 41.3. The Morgan fingerprint density at radius 3 is 0.811 bits per heavy atom. The summed E-state index contributed by atoms with van der Waals surface area (Å²) in [6, 6.07) is -0.626. The number of hydrogen-bond donors (Lipinski definition) is 3. The summed E-state index contributed by atoms with van der Waals surface area (Å²) in [5.41, 5.74) is 0. The van der Waals surface area contributed by atoms with Crippen molar-refractivity contribution in [3.05, 3.63) is 36.5 Å². The molecule has 0 rings (SSSR count). The standard InChI is InChI=1S/C84H161NO5/c1-3-5-7-9-11-13-15-17-18-19-20-21-22-38-41-44-47-50-53-56-60-64-68-72-76-82(87)81(80-86)85-83(88)77-73-69-65-61-57-54-51-48-45-42-39-36-34-32-30-28-26-24-23-25-27-29-31-33-35-37-40-43-46-49-52-55-59-63-67-71-75-79-90-84(89)78-74-70-66-62-58-16-14-12-10-8-6-4-2/h12,14,23,25,72,76,81-82,86-87H,3-11,13,15-22,24,26-71,73-75,77-80H2,1-2H3,(H,85,88)/b14-12-,25-23-,76-72+. The third kappa shape index (κ3) is 75.1. The highest BCUT2D eigenvalue weighted by atomic mass is 16.5. The zero-order chi connectivity index (χ0) is 64.9. The first-order valence-electron chi connectivity index (χ1n) is 41.3. The van der Waals surface area contributed by atoms with Crippen LogP contribution in [-0.4, -0.2) is 47.4 Å². The highest BCUT2D eigenvalue weighted by molar-refractivity contribution is 5.76. The maximum Gasteiger partial charge on any atom is 0.305 e. The van der Waals surface area contributed by atoms with Gasteiger partial charge in [-0.2, -0.15) is 0 Å². The summed E-state index contributed by atoms with van der Waals surface area (Å²) in [4.78, 5) is 24.6. The van der Waals surface area contributed by atoms with E-state index in [-0.39, 0.29) is 18.5 Å². The van der Waals surface area contributed by atoms with E-state index in [0.717, 1.165) is 44.9 Å². The smallest absolute Gasteiger partial charge is 0.305 e. The SMILES string of the molecule is CCCCC/C=C\CCCCCCCC(=O)OCCCCCCCCCCCCCCCCCC/C=C\CCCCCCCCCCCCCCCCCCCC(=O)NC(CO)C(O)/C=C/CCCCCCCCCCCCCCCCCCCCCCCC. The van der Waals surface area contributed by atoms with Crippen LogP contribution < -0.4 is 5.32 Å². The van der Waals surface area contributed by atoms with E-state index < -0.39 is 12.1 Å². The Hall–Kier alpha value is -1.92. The average Bonchev–Trinajstić information content (AvgIpc) is 3.63. The fraction of sp³-hybridized carbons (Fsp3) is 0.905. The van der Waals surface area contributed by atoms with Gasteiger partial charge >= 0.3 is 5.97 Å². The molecule has 0 aliphatic carbocycles. The van der Waals surface area contributed by atoms with Gasteiger partial charge in [0.25, 0.3) is 0 Å². The second-order valence-electron chi connectivity index (χ2n) is 28.4. The van der Waals surface area contributed by atoms with Crippen molar-refractivity contribution in [3.8, 4) is 0 Å². The van der Waals surface area contributed by atoms with Gasteiger partial charge in [-0.15, -0.1) is 0 Å². The minimum absolute atomic E-state index is 0.0117. The number of carbonyl (C=O) groups excluding carboxylic acids is 2. The normalized spacial score (nSPS) is 12.6. The number of carbonyl (C=O) groups is 2. The second-order valence-corrected chi connectivity index (χ2v) is 28.4. The summed E-state index contributed by atoms with van der Waals surface area (Å²) in [5.74, 6) is -0.0470. The van der Waals surface area contributed by atoms with Crippen LogP contribution in [0.25, 0.3) is 0 Å². The lowest BCUT2D eigenvalue weighted by Crippen LogP contribution is -2.45. The number of esters is 1. The lowest BCUT2D eigenvalue weighted by molar-refractivity contribution is -0.143. The molecule has 0 aromatic rings. The Labute approximate surface area is 564 Å². The van der Waals surface area contributed by atoms with Gasteiger partial charge in [0.05, 0.1) is 25.4 Å². The molecular weight excluding hydrogens is 1100 g/mol. The average molecular weight is 1270 g/mol. The number of hydrogen-bond acceptors (Lipinski definition) is 5. The van der Waals surface area contributed by atoms with E-state index in [1.807, 2.05) is 6.08 Å². The molecule has 0 aromatic carbocycles. The van der Waals surface area contributed by atoms with Crippen LogP contribution in [-0.2, 0) is 14.3 Å². The maximum absolute atomic E-state index is 12.6. The molecule has 0 fully saturated rings. The summed E-state index contributed by atoms with van der Waals surface area (Å²) in [7, 11) is 0. The lowest BCUT2D eigenvalue weighted by atomic mass is 10.0. The van der Waals surface area contributed by atoms with Crippen LogP contribution >= 0.6 is 0 Å². The number of aliphatic hydroxyl groups excluding tert-OH is 2. The van der Waals surface area contributed by atoms with Crippen LogP contribution in [0.5, 0.6) is 0 Å². The molecule has 532 valence electrons. The monoisotopic (exact) mass is 1260 g/mol. The number of rotatable bonds is 78. The molecule has 2 atom stereocenters. The van der Waals surface area contributed by atoms with Gasteiger partial charge in [-0.25, -0.2) is 0 Å². The van der Waals surface area contributed by atoms with Crippen LogP contribution in [0.4, 0.5) is 0 Å². The van der Waals surface area contributed by atoms with Crippen LogP contribution in [0.15, 0.2) is 36.5 Å². The number of ether oxygens (including phenoxy) is 1. The van der Waals surface area contributed by atoms with Crippen LogP contribution in [0.3, 0.4) is 0 Å². The molecule has 90 heavy (non-hydrogen) atoms. The summed E-state index contributed by atoms with van der Waals surface area (Å²) in [6.45, 7) is 4.93. The van der Waals surface area contributed by atoms with E-state index in [2.05, 4.69) is 43.5 Å². The van der Waals surface area contributed by atoms with Gasteiger partial charge in [-0.1, -0.05) is 403 Å². The largest absolute Gasteiger partial charge is 0.466 e. The quantitative estimate of drug-likeness (QED) is 0.0320. The third-order valence-electron chi connectivity index (χ3n) is 19.4. The molecule has 0 aliphatic rings. The first kappa shape index (κ1) is 88.1. The summed E-state index contributed by atoms with van der Waals surface area (Å²) >= 11 is 0. The molecule has 0 bridgehead atoms. The Morgan fingerprint density at radius 1 is 0.300 bits per heavy atom. The molecule has 3 N–H and O–H groups in total. The van der Waals surface area contributed by atoms with Gasteiger partial charge in [-0.05, 0) is 83.5 Å². The summed E-state index contributed by atoms with van der Waals surface area (Å²) in [6.07, 6.45) is 104. The maximum atomic E-state index is 12.6. The molecule has 0 radical (unpaired) electrons. The number of allylic oxidation sites excluding steroid dienone is 5. The molecule has 2 unspecified atom stereocenters. The van der Waals surface area contributed by atoms with Crippen LogP contribution in [0, 0.1) is 0 Å². The van der Waals surface area contributed by atoms with Crippen LogP contribution in [0.2, 0.25) is 0 Å². The Balaban J connectivity index is 3.36. The fourth-order valence-electron chi connectivity index (χ4n) is 13.1. The van der Waals surface area contributed by atoms with Crippen LogP contribution in [0.1, 0.15) is 463 Å². The van der Waals surface area contributed by atoms with E-state index in [1.54, 1.807) is 6.08 Å². The van der Waals surface area contributed by atoms with Crippen molar-refractivity contribution in [2.75, 3.05) is 13.2 Å². The summed E-state index contributed by atoms with van der Waals surface area (Å²) < 4.78 is 5.48. The first-order chi connectivity index (χ1) is 44.5. The number of nitrogens with one attached hydrogen (secondary N) is 1. The van der Waals surface area contributed by atoms with Crippen molar-refractivity contribution in [3.63, 3.8) is 0 Å². The van der Waals surface area contributed by atoms with Gasteiger partial charge in [0.2, 0.25) is 5.91 Å². The molecule has 0 aromatic heterocycles. The van der Waals surface area contributed by atoms with E-state index in [4.69, 9.17) is 4.74 Å². The van der Waals surface area contributed by atoms with Gasteiger partial charge in [-0.3, -0.25) is 9.59 Å². The van der Waals surface area contributed by atoms with Crippen molar-refractivity contribution in [1.29, 1.82) is 0 Å². The topological polar surface area (TPSA) is 95.9 Å². The van der Waals surface area contributed by atoms with E-state index in [0.29, 0.717) is 19.4 Å². The minimum Gasteiger partial charge on any atom is -0.466 e. The lowest BCUT2D eigenvalue weighted by Gasteiger charge is -2.20. The number of amides is 1. The molecule has 6 heteroatoms. The van der Waals surface area contributed by atoms with Crippen molar-refractivity contribution in [2.24, 2.45) is 0 Å². The molecule has 0 heterocycles. The van der Waals surface area contributed by atoms with Gasteiger partial charge < -0.3 is 20.3 Å². The number of unbranched alkanes of at least 4 members (excludes halogenated alkanes) is 63. The van der Waals surface area contributed by atoms with Gasteiger partial charge in [0.15, 0.2) is 0 Å². The van der Waals surface area contributed by atoms with E-state index in [9.17, 15) is 19.8 Å². The van der Waals surface area contributed by atoms with Crippen molar-refractivity contribution in [1.82, 2.24) is 5.32 Å². The predicted octanol–water partition coefficient (Wildman–Crippen LogP) is 27.4. The molecule has 0 aliphatic heterocycles. The fourth-order valence-corrected chi connectivity index (χ4v) is 13.1. The Bertz CT molecular complexity index is 1460. The molecule has 1 amide bonds. The van der Waals surface area contributed by atoms with Crippen molar-refractivity contribution in [2.45, 2.75) is 475 Å². The summed E-state index contributed by atoms with van der Waals surface area (Å²) in [5, 5.41) is 23.3. The second kappa shape index (κ2) is 79.5. The molecular formula is C84H161NO5. The molecule has 0 saturated carbocycles. The Morgan fingerprint density at radius 2 is 0.522 bits per heavy atom. The predicted molar refractivity (Wildman–Crippen MR) is 398 cm³/mol. The van der Waals surface area contributed by atoms with Gasteiger partial charge in [0.1, 0.15) is 0 Å². The van der Waals surface area contributed by atoms with Crippen molar-refractivity contribution >= 4 is 11.9 Å². The van der Waals surface area contributed by atoms with E-state index in [1.165, 1.54) is 392 Å². The highest BCUT2D eigenvalue weighted by Crippen LogP contribution is 2.20. The minimum atomic E-state index is -0.843. The van der Waals surface area contributed by atoms with Crippen molar-refractivity contribution < 1.29 is 24.5 Å². The van der Waals surface area contributed by atoms with E-state index >= 15 is 0 Å². The molecule has 0 saturated heterocycles. The number of aliphatic hydroxyl groups is 2. The zero-order valence-electron chi connectivity index (χ0n) is 61.1. The zero-order valence-corrected chi connectivity index (χ0v) is 61.1. The highest BCUT2D eigenvalue weighted by Gasteiger charge is 2.18. The molecule has 6 nitrogen and oxygen atoms in total. The van der Waals surface area contributed by atoms with Gasteiger partial charge in [0, 0.05) is 12.8 Å². The third-order valence-corrected chi connectivity index (χ3v) is 19.4. The Kier molecular flexibility index (Phi) is 77.8. The molecule has 0 spiro atoms.